The zero-order chi connectivity index (χ0) is 13.1. The average Bonchev–Trinajstić information content (AvgIpc) is 2.35. The Kier molecular flexibility index (Phi) is 4.56. The first-order chi connectivity index (χ1) is 8.58. The molecule has 1 aromatic rings. The molecule has 0 aromatic heterocycles. The van der Waals surface area contributed by atoms with E-state index >= 15 is 0 Å². The molecule has 0 atom stereocenters. The molecule has 0 unspecified atom stereocenters. The largest absolute Gasteiger partial charge is 0.506 e. The van der Waals surface area contributed by atoms with Gasteiger partial charge in [0.25, 0.3) is 5.91 Å². The number of benzene rings is 1. The molecule has 0 spiro atoms. The van der Waals surface area contributed by atoms with Crippen LogP contribution < -0.4 is 5.32 Å². The highest BCUT2D eigenvalue weighted by Gasteiger charge is 2.20. The Balaban J connectivity index is 2.13. The van der Waals surface area contributed by atoms with Gasteiger partial charge in [0.15, 0.2) is 0 Å². The topological polar surface area (TPSA) is 49.3 Å². The van der Waals surface area contributed by atoms with Gasteiger partial charge in [0, 0.05) is 6.04 Å². The quantitative estimate of drug-likeness (QED) is 0.876. The lowest BCUT2D eigenvalue weighted by atomic mass is 10.1. The maximum atomic E-state index is 12.1. The Morgan fingerprint density at radius 2 is 2.11 bits per heavy atom. The maximum absolute atomic E-state index is 12.1. The van der Waals surface area contributed by atoms with Crippen LogP contribution in [0.1, 0.15) is 28.8 Å². The molecule has 98 valence electrons. The van der Waals surface area contributed by atoms with E-state index in [4.69, 9.17) is 0 Å². The number of phenolic OH excluding ortho intramolecular Hbond substituents is 1. The van der Waals surface area contributed by atoms with Crippen LogP contribution in [0.5, 0.6) is 5.75 Å². The summed E-state index contributed by atoms with van der Waals surface area (Å²) in [6, 6.07) is 3.74. The zero-order valence-corrected chi connectivity index (χ0v) is 12.6. The van der Waals surface area contributed by atoms with E-state index < -0.39 is 0 Å². The molecule has 18 heavy (non-hydrogen) atoms. The number of nitrogens with one attached hydrogen (secondary N) is 1. The fourth-order valence-corrected chi connectivity index (χ4v) is 3.69. The van der Waals surface area contributed by atoms with Crippen molar-refractivity contribution in [2.24, 2.45) is 0 Å². The predicted octanol–water partition coefficient (Wildman–Crippen LogP) is 3.09. The molecule has 1 saturated heterocycles. The lowest BCUT2D eigenvalue weighted by molar-refractivity contribution is 0.0932. The average molecular weight is 330 g/mol. The molecule has 2 rings (SSSR count). The van der Waals surface area contributed by atoms with Gasteiger partial charge in [-0.25, -0.2) is 0 Å². The number of hydrogen-bond acceptors (Lipinski definition) is 3. The monoisotopic (exact) mass is 329 g/mol. The van der Waals surface area contributed by atoms with Gasteiger partial charge in [-0.1, -0.05) is 0 Å². The lowest BCUT2D eigenvalue weighted by Gasteiger charge is -2.22. The molecule has 2 N–H and O–H groups in total. The second-order valence-electron chi connectivity index (χ2n) is 4.50. The molecule has 1 fully saturated rings. The molecule has 0 aliphatic carbocycles. The number of aromatic hydroxyl groups is 1. The van der Waals surface area contributed by atoms with Gasteiger partial charge in [0.1, 0.15) is 5.75 Å². The van der Waals surface area contributed by atoms with E-state index in [0.717, 1.165) is 29.9 Å². The Hall–Kier alpha value is -0.680. The Bertz CT molecular complexity index is 459. The van der Waals surface area contributed by atoms with Gasteiger partial charge in [-0.15, -0.1) is 0 Å². The Morgan fingerprint density at radius 3 is 2.78 bits per heavy atom. The van der Waals surface area contributed by atoms with Crippen LogP contribution in [0.25, 0.3) is 0 Å². The van der Waals surface area contributed by atoms with Gasteiger partial charge in [-0.05, 0) is 64.9 Å². The molecule has 3 nitrogen and oxygen atoms in total. The van der Waals surface area contributed by atoms with E-state index in [2.05, 4.69) is 21.2 Å². The summed E-state index contributed by atoms with van der Waals surface area (Å²) in [5.41, 5.74) is 1.30. The summed E-state index contributed by atoms with van der Waals surface area (Å²) in [5.74, 6) is 2.01. The van der Waals surface area contributed by atoms with E-state index in [-0.39, 0.29) is 17.7 Å². The van der Waals surface area contributed by atoms with Gasteiger partial charge < -0.3 is 10.4 Å². The number of phenols is 1. The van der Waals surface area contributed by atoms with Gasteiger partial charge in [-0.2, -0.15) is 11.8 Å². The third-order valence-corrected chi connectivity index (χ3v) is 4.66. The predicted molar refractivity (Wildman–Crippen MR) is 78.4 cm³/mol. The van der Waals surface area contributed by atoms with E-state index in [1.54, 1.807) is 12.1 Å². The van der Waals surface area contributed by atoms with Gasteiger partial charge in [-0.3, -0.25) is 4.79 Å². The fraction of sp³-hybridized carbons (Fsp3) is 0.462. The molecular weight excluding hydrogens is 314 g/mol. The van der Waals surface area contributed by atoms with Crippen molar-refractivity contribution < 1.29 is 9.90 Å². The molecular formula is C13H16BrNO2S. The van der Waals surface area contributed by atoms with Crippen molar-refractivity contribution in [3.05, 3.63) is 27.7 Å². The highest BCUT2D eigenvalue weighted by atomic mass is 79.9. The molecule has 5 heteroatoms. The number of carbonyl (C=O) groups is 1. The molecule has 1 aliphatic heterocycles. The minimum absolute atomic E-state index is 0.0169. The number of halogens is 1. The van der Waals surface area contributed by atoms with Crippen LogP contribution in [-0.2, 0) is 0 Å². The summed E-state index contributed by atoms with van der Waals surface area (Å²) < 4.78 is 0.562. The SMILES string of the molecule is Cc1cc(Br)c(O)c(C(=O)NC2CCSCC2)c1. The van der Waals surface area contributed by atoms with E-state index in [9.17, 15) is 9.90 Å². The zero-order valence-electron chi connectivity index (χ0n) is 10.2. The molecule has 1 aliphatic rings. The second-order valence-corrected chi connectivity index (χ2v) is 6.58. The molecule has 1 amide bonds. The van der Waals surface area contributed by atoms with Crippen molar-refractivity contribution in [3.63, 3.8) is 0 Å². The third-order valence-electron chi connectivity index (χ3n) is 3.01. The maximum Gasteiger partial charge on any atom is 0.255 e. The number of aryl methyl sites for hydroxylation is 1. The van der Waals surface area contributed by atoms with Crippen LogP contribution in [0.4, 0.5) is 0 Å². The first kappa shape index (κ1) is 13.7. The molecule has 1 aromatic carbocycles. The Labute approximate surface area is 119 Å². The lowest BCUT2D eigenvalue weighted by Crippen LogP contribution is -2.37. The minimum atomic E-state index is -0.186. The molecule has 0 radical (unpaired) electrons. The van der Waals surface area contributed by atoms with Crippen LogP contribution >= 0.6 is 27.7 Å². The molecule has 1 heterocycles. The Morgan fingerprint density at radius 1 is 1.44 bits per heavy atom. The van der Waals surface area contributed by atoms with Crippen LogP contribution in [-0.4, -0.2) is 28.6 Å². The first-order valence-electron chi connectivity index (χ1n) is 5.95. The number of carbonyl (C=O) groups excluding carboxylic acids is 1. The van der Waals surface area contributed by atoms with Crippen LogP contribution in [0, 0.1) is 6.92 Å². The van der Waals surface area contributed by atoms with Crippen molar-refractivity contribution in [2.75, 3.05) is 11.5 Å². The summed E-state index contributed by atoms with van der Waals surface area (Å²) in [6.45, 7) is 1.90. The first-order valence-corrected chi connectivity index (χ1v) is 7.90. The van der Waals surface area contributed by atoms with Crippen molar-refractivity contribution in [1.29, 1.82) is 0 Å². The number of thioether (sulfide) groups is 1. The summed E-state index contributed by atoms with van der Waals surface area (Å²) in [5, 5.41) is 12.9. The third kappa shape index (κ3) is 3.20. The molecule has 0 saturated carbocycles. The smallest absolute Gasteiger partial charge is 0.255 e. The highest BCUT2D eigenvalue weighted by molar-refractivity contribution is 9.10. The van der Waals surface area contributed by atoms with Crippen LogP contribution in [0.15, 0.2) is 16.6 Å². The van der Waals surface area contributed by atoms with Crippen LogP contribution in [0.3, 0.4) is 0 Å². The van der Waals surface area contributed by atoms with Crippen molar-refractivity contribution >= 4 is 33.6 Å². The van der Waals surface area contributed by atoms with Gasteiger partial charge in [0.05, 0.1) is 10.0 Å². The van der Waals surface area contributed by atoms with Crippen molar-refractivity contribution in [2.45, 2.75) is 25.8 Å². The number of rotatable bonds is 2. The summed E-state index contributed by atoms with van der Waals surface area (Å²) in [6.07, 6.45) is 2.01. The standard InChI is InChI=1S/C13H16BrNO2S/c1-8-6-10(12(16)11(14)7-8)13(17)15-9-2-4-18-5-3-9/h6-7,9,16H,2-5H2,1H3,(H,15,17). The minimum Gasteiger partial charge on any atom is -0.506 e. The second kappa shape index (κ2) is 5.97. The van der Waals surface area contributed by atoms with Crippen molar-refractivity contribution in [1.82, 2.24) is 5.32 Å². The summed E-state index contributed by atoms with van der Waals surface area (Å²) >= 11 is 5.18. The molecule has 0 bridgehead atoms. The van der Waals surface area contributed by atoms with Crippen LogP contribution in [0.2, 0.25) is 0 Å². The van der Waals surface area contributed by atoms with E-state index in [1.165, 1.54) is 0 Å². The summed E-state index contributed by atoms with van der Waals surface area (Å²) in [4.78, 5) is 12.1. The normalized spacial score (nSPS) is 16.6. The van der Waals surface area contributed by atoms with E-state index in [0.29, 0.717) is 10.0 Å². The highest BCUT2D eigenvalue weighted by Crippen LogP contribution is 2.29. The van der Waals surface area contributed by atoms with E-state index in [1.807, 2.05) is 18.7 Å². The number of amides is 1. The number of hydrogen-bond donors (Lipinski definition) is 2. The van der Waals surface area contributed by atoms with Crippen molar-refractivity contribution in [3.8, 4) is 5.75 Å². The van der Waals surface area contributed by atoms with Gasteiger partial charge in [0.2, 0.25) is 0 Å². The van der Waals surface area contributed by atoms with Gasteiger partial charge >= 0.3 is 0 Å². The summed E-state index contributed by atoms with van der Waals surface area (Å²) in [7, 11) is 0. The fourth-order valence-electron chi connectivity index (χ4n) is 2.01.